The lowest BCUT2D eigenvalue weighted by molar-refractivity contribution is -0.140. The van der Waals surface area contributed by atoms with Gasteiger partial charge in [0.25, 0.3) is 0 Å². The third-order valence-corrected chi connectivity index (χ3v) is 5.73. The average Bonchev–Trinajstić information content (AvgIpc) is 2.84. The van der Waals surface area contributed by atoms with Gasteiger partial charge >= 0.3 is 5.97 Å². The standard InChI is InChI=1S/C12H19NO5S/c14-11(6-9-3-5-19(17,18)8-9)13-4-1-2-10(13)7-12(15)16/h9-10H,1-8H2,(H,15,16). The molecular formula is C12H19NO5S. The van der Waals surface area contributed by atoms with E-state index in [1.54, 1.807) is 4.90 Å². The number of hydrogen-bond donors (Lipinski definition) is 1. The molecule has 7 heteroatoms. The third kappa shape index (κ3) is 3.68. The molecule has 0 aliphatic carbocycles. The molecule has 2 saturated heterocycles. The fourth-order valence-electron chi connectivity index (χ4n) is 2.98. The predicted octanol–water partition coefficient (Wildman–Crippen LogP) is 0.277. The molecule has 2 atom stereocenters. The lowest BCUT2D eigenvalue weighted by Crippen LogP contribution is -2.37. The molecule has 0 radical (unpaired) electrons. The van der Waals surface area contributed by atoms with E-state index in [0.29, 0.717) is 13.0 Å². The second kappa shape index (κ2) is 5.48. The number of aliphatic carboxylic acids is 1. The Bertz CT molecular complexity index is 473. The molecule has 2 aliphatic heterocycles. The highest BCUT2D eigenvalue weighted by atomic mass is 32.2. The van der Waals surface area contributed by atoms with Gasteiger partial charge in [0.2, 0.25) is 5.91 Å². The van der Waals surface area contributed by atoms with Crippen molar-refractivity contribution >= 4 is 21.7 Å². The van der Waals surface area contributed by atoms with Gasteiger partial charge in [0.1, 0.15) is 0 Å². The Labute approximate surface area is 112 Å². The Morgan fingerprint density at radius 3 is 2.53 bits per heavy atom. The first-order chi connectivity index (χ1) is 8.87. The van der Waals surface area contributed by atoms with Gasteiger partial charge in [-0.3, -0.25) is 9.59 Å². The smallest absolute Gasteiger partial charge is 0.305 e. The normalized spacial score (nSPS) is 29.6. The Balaban J connectivity index is 1.90. The fourth-order valence-corrected chi connectivity index (χ4v) is 4.84. The van der Waals surface area contributed by atoms with Gasteiger partial charge in [-0.1, -0.05) is 0 Å². The lowest BCUT2D eigenvalue weighted by Gasteiger charge is -2.24. The molecule has 6 nitrogen and oxygen atoms in total. The Hall–Kier alpha value is -1.11. The van der Waals surface area contributed by atoms with Gasteiger partial charge in [-0.2, -0.15) is 0 Å². The summed E-state index contributed by atoms with van der Waals surface area (Å²) in [5, 5.41) is 8.81. The van der Waals surface area contributed by atoms with Crippen molar-refractivity contribution in [1.82, 2.24) is 4.90 Å². The van der Waals surface area contributed by atoms with Crippen LogP contribution in [0.25, 0.3) is 0 Å². The molecule has 0 saturated carbocycles. The average molecular weight is 289 g/mol. The monoisotopic (exact) mass is 289 g/mol. The minimum atomic E-state index is -2.96. The first-order valence-electron chi connectivity index (χ1n) is 6.59. The van der Waals surface area contributed by atoms with Gasteiger partial charge in [0.15, 0.2) is 9.84 Å². The number of sulfone groups is 1. The van der Waals surface area contributed by atoms with Crippen LogP contribution in [0.3, 0.4) is 0 Å². The van der Waals surface area contributed by atoms with Crippen molar-refractivity contribution in [2.75, 3.05) is 18.1 Å². The largest absolute Gasteiger partial charge is 0.481 e. The molecule has 19 heavy (non-hydrogen) atoms. The molecule has 0 aromatic rings. The maximum atomic E-state index is 12.1. The van der Waals surface area contributed by atoms with Crippen molar-refractivity contribution in [3.05, 3.63) is 0 Å². The number of nitrogens with zero attached hydrogens (tertiary/aromatic N) is 1. The summed E-state index contributed by atoms with van der Waals surface area (Å²) in [5.41, 5.74) is 0. The van der Waals surface area contributed by atoms with Crippen molar-refractivity contribution in [3.8, 4) is 0 Å². The molecule has 2 rings (SSSR count). The van der Waals surface area contributed by atoms with E-state index in [1.807, 2.05) is 0 Å². The zero-order valence-electron chi connectivity index (χ0n) is 10.7. The number of carboxylic acids is 1. The summed E-state index contributed by atoms with van der Waals surface area (Å²) in [6, 6.07) is -0.219. The topological polar surface area (TPSA) is 91.8 Å². The molecule has 0 spiro atoms. The summed E-state index contributed by atoms with van der Waals surface area (Å²) in [6.07, 6.45) is 2.31. The van der Waals surface area contributed by atoms with E-state index in [-0.39, 0.29) is 42.2 Å². The minimum absolute atomic E-state index is 0.0191. The van der Waals surface area contributed by atoms with E-state index < -0.39 is 15.8 Å². The summed E-state index contributed by atoms with van der Waals surface area (Å²) in [5.74, 6) is -0.817. The predicted molar refractivity (Wildman–Crippen MR) is 68.4 cm³/mol. The van der Waals surface area contributed by atoms with E-state index in [2.05, 4.69) is 0 Å². The van der Waals surface area contributed by atoms with E-state index in [4.69, 9.17) is 5.11 Å². The van der Waals surface area contributed by atoms with Gasteiger partial charge in [-0.25, -0.2) is 8.42 Å². The number of carbonyl (C=O) groups excluding carboxylic acids is 1. The number of likely N-dealkylation sites (tertiary alicyclic amines) is 1. The summed E-state index contributed by atoms with van der Waals surface area (Å²) >= 11 is 0. The Kier molecular flexibility index (Phi) is 4.13. The first-order valence-corrected chi connectivity index (χ1v) is 8.41. The maximum Gasteiger partial charge on any atom is 0.305 e. The van der Waals surface area contributed by atoms with Gasteiger partial charge in [-0.15, -0.1) is 0 Å². The maximum absolute atomic E-state index is 12.1. The molecular weight excluding hydrogens is 270 g/mol. The van der Waals surface area contributed by atoms with Gasteiger partial charge in [-0.05, 0) is 25.2 Å². The SMILES string of the molecule is O=C(O)CC1CCCN1C(=O)CC1CCS(=O)(=O)C1. The molecule has 0 bridgehead atoms. The molecule has 0 aromatic heterocycles. The van der Waals surface area contributed by atoms with Crippen LogP contribution < -0.4 is 0 Å². The van der Waals surface area contributed by atoms with Crippen LogP contribution >= 0.6 is 0 Å². The van der Waals surface area contributed by atoms with Gasteiger partial charge in [0.05, 0.1) is 17.9 Å². The quantitative estimate of drug-likeness (QED) is 0.802. The second-order valence-corrected chi connectivity index (χ2v) is 7.68. The van der Waals surface area contributed by atoms with Crippen molar-refractivity contribution < 1.29 is 23.1 Å². The molecule has 2 aliphatic rings. The summed E-state index contributed by atoms with van der Waals surface area (Å²) in [4.78, 5) is 24.5. The minimum Gasteiger partial charge on any atom is -0.481 e. The van der Waals surface area contributed by atoms with Crippen LogP contribution in [0.4, 0.5) is 0 Å². The summed E-state index contributed by atoms with van der Waals surface area (Å²) in [7, 11) is -2.96. The highest BCUT2D eigenvalue weighted by Gasteiger charge is 2.34. The van der Waals surface area contributed by atoms with E-state index in [1.165, 1.54) is 0 Å². The molecule has 0 aromatic carbocycles. The number of rotatable bonds is 4. The van der Waals surface area contributed by atoms with Crippen molar-refractivity contribution in [2.45, 2.75) is 38.1 Å². The summed E-state index contributed by atoms with van der Waals surface area (Å²) < 4.78 is 22.7. The van der Waals surface area contributed by atoms with Crippen molar-refractivity contribution in [3.63, 3.8) is 0 Å². The zero-order valence-corrected chi connectivity index (χ0v) is 11.6. The fraction of sp³-hybridized carbons (Fsp3) is 0.833. The van der Waals surface area contributed by atoms with Crippen LogP contribution in [0.5, 0.6) is 0 Å². The number of hydrogen-bond acceptors (Lipinski definition) is 4. The van der Waals surface area contributed by atoms with Crippen LogP contribution in [0, 0.1) is 5.92 Å². The molecule has 1 N–H and O–H groups in total. The van der Waals surface area contributed by atoms with Crippen LogP contribution in [-0.2, 0) is 19.4 Å². The molecule has 2 fully saturated rings. The van der Waals surface area contributed by atoms with E-state index >= 15 is 0 Å². The molecule has 2 heterocycles. The van der Waals surface area contributed by atoms with Crippen LogP contribution in [-0.4, -0.2) is 54.4 Å². The Morgan fingerprint density at radius 1 is 1.21 bits per heavy atom. The van der Waals surface area contributed by atoms with Crippen molar-refractivity contribution in [2.24, 2.45) is 5.92 Å². The number of amides is 1. The van der Waals surface area contributed by atoms with Crippen LogP contribution in [0.1, 0.15) is 32.1 Å². The van der Waals surface area contributed by atoms with Gasteiger partial charge < -0.3 is 10.0 Å². The lowest BCUT2D eigenvalue weighted by atomic mass is 10.0. The highest BCUT2D eigenvalue weighted by molar-refractivity contribution is 7.91. The Morgan fingerprint density at radius 2 is 1.95 bits per heavy atom. The van der Waals surface area contributed by atoms with Crippen molar-refractivity contribution in [1.29, 1.82) is 0 Å². The number of carbonyl (C=O) groups is 2. The molecule has 108 valence electrons. The second-order valence-electron chi connectivity index (χ2n) is 5.45. The first kappa shape index (κ1) is 14.3. The van der Waals surface area contributed by atoms with Gasteiger partial charge in [0, 0.05) is 19.0 Å². The third-order valence-electron chi connectivity index (χ3n) is 3.90. The van der Waals surface area contributed by atoms with E-state index in [0.717, 1.165) is 12.8 Å². The zero-order chi connectivity index (χ0) is 14.0. The van der Waals surface area contributed by atoms with E-state index in [9.17, 15) is 18.0 Å². The number of carboxylic acid groups (broad SMARTS) is 1. The highest BCUT2D eigenvalue weighted by Crippen LogP contribution is 2.26. The molecule has 2 unspecified atom stereocenters. The molecule has 1 amide bonds. The van der Waals surface area contributed by atoms with Crippen LogP contribution in [0.15, 0.2) is 0 Å². The van der Waals surface area contributed by atoms with Crippen LogP contribution in [0.2, 0.25) is 0 Å². The summed E-state index contributed by atoms with van der Waals surface area (Å²) in [6.45, 7) is 0.594.